The molecule has 0 saturated carbocycles. The van der Waals surface area contributed by atoms with Crippen LogP contribution in [0.2, 0.25) is 0 Å². The molecule has 110 valence electrons. The summed E-state index contributed by atoms with van der Waals surface area (Å²) in [5, 5.41) is 11.6. The van der Waals surface area contributed by atoms with Crippen molar-refractivity contribution >= 4 is 11.9 Å². The number of aliphatic hydroxyl groups excluding tert-OH is 1. The third kappa shape index (κ3) is 4.84. The fourth-order valence-corrected chi connectivity index (χ4v) is 2.28. The number of β-amino-alcohol motifs (C(OH)–C–C–N with tert-alkyl or cyclic N) is 1. The van der Waals surface area contributed by atoms with Crippen LogP contribution < -0.4 is 5.32 Å². The van der Waals surface area contributed by atoms with E-state index >= 15 is 0 Å². The molecule has 0 spiro atoms. The van der Waals surface area contributed by atoms with E-state index in [0.717, 1.165) is 32.6 Å². The molecule has 0 aliphatic carbocycles. The monoisotopic (exact) mass is 279 g/mol. The van der Waals surface area contributed by atoms with E-state index in [1.54, 1.807) is 18.5 Å². The second-order valence-electron chi connectivity index (χ2n) is 4.82. The van der Waals surface area contributed by atoms with Crippen molar-refractivity contribution in [1.29, 1.82) is 0 Å². The quantitative estimate of drug-likeness (QED) is 0.750. The number of rotatable bonds is 5. The van der Waals surface area contributed by atoms with Crippen LogP contribution in [0.1, 0.15) is 6.42 Å². The van der Waals surface area contributed by atoms with E-state index in [0.29, 0.717) is 19.0 Å². The first-order chi connectivity index (χ1) is 9.78. The Kier molecular flexibility index (Phi) is 5.85. The fraction of sp³-hybridized carbons (Fsp3) is 0.615. The Hall–Kier alpha value is -1.57. The van der Waals surface area contributed by atoms with Gasteiger partial charge in [-0.2, -0.15) is 0 Å². The summed E-state index contributed by atoms with van der Waals surface area (Å²) in [5.74, 6) is 0.251. The SMILES string of the molecule is O=C(CN1CCCN(CCO)CC1)Nc1ncccn1. The maximum atomic E-state index is 11.9. The highest BCUT2D eigenvalue weighted by Gasteiger charge is 2.16. The second-order valence-corrected chi connectivity index (χ2v) is 4.82. The Morgan fingerprint density at radius 3 is 2.65 bits per heavy atom. The molecule has 2 heterocycles. The number of carbonyl (C=O) groups excluding carboxylic acids is 1. The normalized spacial score (nSPS) is 17.6. The van der Waals surface area contributed by atoms with Crippen molar-refractivity contribution in [2.45, 2.75) is 6.42 Å². The maximum absolute atomic E-state index is 11.9. The van der Waals surface area contributed by atoms with Gasteiger partial charge in [-0.1, -0.05) is 0 Å². The van der Waals surface area contributed by atoms with Crippen LogP contribution in [0.3, 0.4) is 0 Å². The number of amides is 1. The lowest BCUT2D eigenvalue weighted by Crippen LogP contribution is -2.37. The van der Waals surface area contributed by atoms with Crippen LogP contribution in [0.15, 0.2) is 18.5 Å². The zero-order chi connectivity index (χ0) is 14.2. The van der Waals surface area contributed by atoms with E-state index in [1.807, 2.05) is 0 Å². The largest absolute Gasteiger partial charge is 0.395 e. The molecule has 1 aromatic heterocycles. The highest BCUT2D eigenvalue weighted by molar-refractivity contribution is 5.90. The summed E-state index contributed by atoms with van der Waals surface area (Å²) < 4.78 is 0. The molecule has 2 rings (SSSR count). The van der Waals surface area contributed by atoms with Crippen LogP contribution in [0, 0.1) is 0 Å². The Labute approximate surface area is 118 Å². The summed E-state index contributed by atoms with van der Waals surface area (Å²) in [7, 11) is 0. The molecular weight excluding hydrogens is 258 g/mol. The average molecular weight is 279 g/mol. The lowest BCUT2D eigenvalue weighted by molar-refractivity contribution is -0.117. The van der Waals surface area contributed by atoms with Crippen molar-refractivity contribution in [2.75, 3.05) is 51.2 Å². The molecule has 1 aliphatic rings. The van der Waals surface area contributed by atoms with E-state index in [9.17, 15) is 4.79 Å². The molecule has 0 unspecified atom stereocenters. The molecule has 0 atom stereocenters. The van der Waals surface area contributed by atoms with Crippen molar-refractivity contribution in [3.05, 3.63) is 18.5 Å². The number of aromatic nitrogens is 2. The van der Waals surface area contributed by atoms with E-state index in [-0.39, 0.29) is 12.5 Å². The van der Waals surface area contributed by atoms with Gasteiger partial charge in [-0.3, -0.25) is 19.9 Å². The number of anilines is 1. The van der Waals surface area contributed by atoms with Crippen molar-refractivity contribution in [3.63, 3.8) is 0 Å². The van der Waals surface area contributed by atoms with Crippen LogP contribution in [-0.4, -0.2) is 76.7 Å². The fourth-order valence-electron chi connectivity index (χ4n) is 2.28. The lowest BCUT2D eigenvalue weighted by Gasteiger charge is -2.20. The number of hydrogen-bond acceptors (Lipinski definition) is 6. The van der Waals surface area contributed by atoms with Crippen LogP contribution in [-0.2, 0) is 4.79 Å². The molecule has 7 heteroatoms. The Balaban J connectivity index is 1.77. The van der Waals surface area contributed by atoms with Gasteiger partial charge in [0.25, 0.3) is 0 Å². The van der Waals surface area contributed by atoms with Gasteiger partial charge in [0, 0.05) is 32.0 Å². The number of aliphatic hydroxyl groups is 1. The molecule has 0 radical (unpaired) electrons. The van der Waals surface area contributed by atoms with Gasteiger partial charge in [0.2, 0.25) is 11.9 Å². The van der Waals surface area contributed by atoms with Gasteiger partial charge in [-0.15, -0.1) is 0 Å². The first-order valence-corrected chi connectivity index (χ1v) is 6.90. The molecule has 0 aromatic carbocycles. The van der Waals surface area contributed by atoms with Gasteiger partial charge in [0.1, 0.15) is 0 Å². The van der Waals surface area contributed by atoms with Crippen molar-refractivity contribution < 1.29 is 9.90 Å². The second kappa shape index (κ2) is 7.88. The minimum absolute atomic E-state index is 0.0909. The van der Waals surface area contributed by atoms with Crippen LogP contribution in [0.25, 0.3) is 0 Å². The van der Waals surface area contributed by atoms with Crippen LogP contribution in [0.4, 0.5) is 5.95 Å². The van der Waals surface area contributed by atoms with Crippen molar-refractivity contribution in [1.82, 2.24) is 19.8 Å². The lowest BCUT2D eigenvalue weighted by atomic mass is 10.3. The topological polar surface area (TPSA) is 81.6 Å². The van der Waals surface area contributed by atoms with Gasteiger partial charge in [-0.05, 0) is 25.6 Å². The third-order valence-corrected chi connectivity index (χ3v) is 3.28. The molecule has 0 bridgehead atoms. The molecular formula is C13H21N5O2. The van der Waals surface area contributed by atoms with Crippen molar-refractivity contribution in [2.24, 2.45) is 0 Å². The molecule has 20 heavy (non-hydrogen) atoms. The minimum atomic E-state index is -0.0909. The average Bonchev–Trinajstić information content (AvgIpc) is 2.66. The smallest absolute Gasteiger partial charge is 0.240 e. The first kappa shape index (κ1) is 14.8. The van der Waals surface area contributed by atoms with Crippen LogP contribution >= 0.6 is 0 Å². The summed E-state index contributed by atoms with van der Waals surface area (Å²) in [4.78, 5) is 24.2. The number of nitrogens with zero attached hydrogens (tertiary/aromatic N) is 4. The highest BCUT2D eigenvalue weighted by Crippen LogP contribution is 2.03. The maximum Gasteiger partial charge on any atom is 0.240 e. The molecule has 1 saturated heterocycles. The van der Waals surface area contributed by atoms with Gasteiger partial charge >= 0.3 is 0 Å². The van der Waals surface area contributed by atoms with E-state index in [4.69, 9.17) is 5.11 Å². The zero-order valence-electron chi connectivity index (χ0n) is 11.5. The van der Waals surface area contributed by atoms with E-state index in [2.05, 4.69) is 25.1 Å². The summed E-state index contributed by atoms with van der Waals surface area (Å²) in [5.41, 5.74) is 0. The van der Waals surface area contributed by atoms with Crippen LogP contribution in [0.5, 0.6) is 0 Å². The molecule has 1 fully saturated rings. The predicted octanol–water partition coefficient (Wildman–Crippen LogP) is -0.585. The third-order valence-electron chi connectivity index (χ3n) is 3.28. The summed E-state index contributed by atoms with van der Waals surface area (Å²) in [6.07, 6.45) is 4.21. The molecule has 7 nitrogen and oxygen atoms in total. The Morgan fingerprint density at radius 1 is 1.20 bits per heavy atom. The standard InChI is InChI=1S/C13H21N5O2/c19-10-9-17-5-2-6-18(8-7-17)11-12(20)16-13-14-3-1-4-15-13/h1,3-4,19H,2,5-11H2,(H,14,15,16,20). The van der Waals surface area contributed by atoms with Gasteiger partial charge in [-0.25, -0.2) is 9.97 Å². The molecule has 1 aromatic rings. The van der Waals surface area contributed by atoms with Gasteiger partial charge in [0.05, 0.1) is 13.2 Å². The molecule has 1 aliphatic heterocycles. The van der Waals surface area contributed by atoms with Gasteiger partial charge in [0.15, 0.2) is 0 Å². The van der Waals surface area contributed by atoms with Gasteiger partial charge < -0.3 is 5.11 Å². The Bertz CT molecular complexity index is 414. The van der Waals surface area contributed by atoms with Crippen molar-refractivity contribution in [3.8, 4) is 0 Å². The minimum Gasteiger partial charge on any atom is -0.395 e. The first-order valence-electron chi connectivity index (χ1n) is 6.90. The number of carbonyl (C=O) groups is 1. The summed E-state index contributed by atoms with van der Waals surface area (Å²) >= 11 is 0. The zero-order valence-corrected chi connectivity index (χ0v) is 11.5. The molecule has 2 N–H and O–H groups in total. The number of hydrogen-bond donors (Lipinski definition) is 2. The Morgan fingerprint density at radius 2 is 1.90 bits per heavy atom. The molecule has 1 amide bonds. The predicted molar refractivity (Wildman–Crippen MR) is 75.2 cm³/mol. The highest BCUT2D eigenvalue weighted by atomic mass is 16.3. The van der Waals surface area contributed by atoms with E-state index in [1.165, 1.54) is 0 Å². The number of nitrogens with one attached hydrogen (secondary N) is 1. The van der Waals surface area contributed by atoms with E-state index < -0.39 is 0 Å². The summed E-state index contributed by atoms with van der Waals surface area (Å²) in [6, 6.07) is 1.71. The summed E-state index contributed by atoms with van der Waals surface area (Å²) in [6.45, 7) is 4.83.